The van der Waals surface area contributed by atoms with E-state index < -0.39 is 0 Å². The summed E-state index contributed by atoms with van der Waals surface area (Å²) in [5.41, 5.74) is 2.90. The van der Waals surface area contributed by atoms with Crippen molar-refractivity contribution >= 4 is 17.5 Å². The first-order chi connectivity index (χ1) is 15.2. The third-order valence-electron chi connectivity index (χ3n) is 6.17. The highest BCUT2D eigenvalue weighted by Crippen LogP contribution is 2.27. The summed E-state index contributed by atoms with van der Waals surface area (Å²) < 4.78 is 7.45. The number of rotatable bonds is 7. The van der Waals surface area contributed by atoms with Crippen molar-refractivity contribution in [3.63, 3.8) is 0 Å². The van der Waals surface area contributed by atoms with Gasteiger partial charge in [-0.05, 0) is 60.9 Å². The summed E-state index contributed by atoms with van der Waals surface area (Å²) in [6.45, 7) is 1.28. The van der Waals surface area contributed by atoms with E-state index in [9.17, 15) is 4.79 Å². The minimum Gasteiger partial charge on any atom is -0.497 e. The predicted octanol–water partition coefficient (Wildman–Crippen LogP) is 6.17. The van der Waals surface area contributed by atoms with E-state index in [0.29, 0.717) is 18.7 Å². The van der Waals surface area contributed by atoms with Crippen molar-refractivity contribution < 1.29 is 9.53 Å². The average Bonchev–Trinajstić information content (AvgIpc) is 3.26. The molecule has 0 spiro atoms. The Labute approximate surface area is 189 Å². The molecule has 5 heteroatoms. The van der Waals surface area contributed by atoms with E-state index in [1.807, 2.05) is 54.6 Å². The normalized spacial score (nSPS) is 14.4. The summed E-state index contributed by atoms with van der Waals surface area (Å²) in [5, 5.41) is 0.764. The Morgan fingerprint density at radius 2 is 1.77 bits per heavy atom. The lowest BCUT2D eigenvalue weighted by Gasteiger charge is -2.35. The van der Waals surface area contributed by atoms with Crippen LogP contribution in [0.1, 0.15) is 53.7 Å². The fourth-order valence-electron chi connectivity index (χ4n) is 4.39. The molecule has 1 heterocycles. The fraction of sp³-hybridized carbons (Fsp3) is 0.346. The van der Waals surface area contributed by atoms with Crippen molar-refractivity contribution in [1.29, 1.82) is 0 Å². The molecule has 1 aliphatic rings. The SMILES string of the molecule is COc1ccc(C(=O)N(Cc2cccn2Cc2ccccc2Cl)C2CCCCC2)cc1. The number of nitrogens with zero attached hydrogens (tertiary/aromatic N) is 2. The second-order valence-electron chi connectivity index (χ2n) is 8.17. The maximum Gasteiger partial charge on any atom is 0.254 e. The molecule has 0 atom stereocenters. The Bertz CT molecular complexity index is 1010. The van der Waals surface area contributed by atoms with Gasteiger partial charge < -0.3 is 14.2 Å². The highest BCUT2D eigenvalue weighted by molar-refractivity contribution is 6.31. The van der Waals surface area contributed by atoms with Crippen LogP contribution in [-0.4, -0.2) is 28.5 Å². The molecule has 0 N–H and O–H groups in total. The summed E-state index contributed by atoms with van der Waals surface area (Å²) >= 11 is 6.39. The fourth-order valence-corrected chi connectivity index (χ4v) is 4.59. The lowest BCUT2D eigenvalue weighted by molar-refractivity contribution is 0.0608. The summed E-state index contributed by atoms with van der Waals surface area (Å²) in [4.78, 5) is 15.6. The summed E-state index contributed by atoms with van der Waals surface area (Å²) in [6, 6.07) is 19.8. The number of halogens is 1. The summed E-state index contributed by atoms with van der Waals surface area (Å²) in [5.74, 6) is 0.842. The first-order valence-electron chi connectivity index (χ1n) is 11.0. The van der Waals surface area contributed by atoms with Gasteiger partial charge in [0.2, 0.25) is 0 Å². The van der Waals surface area contributed by atoms with Crippen LogP contribution < -0.4 is 4.74 Å². The van der Waals surface area contributed by atoms with Crippen LogP contribution in [0, 0.1) is 0 Å². The van der Waals surface area contributed by atoms with Crippen LogP contribution in [0.15, 0.2) is 66.9 Å². The second kappa shape index (κ2) is 10.1. The number of benzene rings is 2. The van der Waals surface area contributed by atoms with Gasteiger partial charge >= 0.3 is 0 Å². The van der Waals surface area contributed by atoms with E-state index in [1.165, 1.54) is 19.3 Å². The molecule has 162 valence electrons. The molecule has 1 fully saturated rings. The van der Waals surface area contributed by atoms with Gasteiger partial charge in [-0.1, -0.05) is 49.1 Å². The number of methoxy groups -OCH3 is 1. The molecule has 0 radical (unpaired) electrons. The van der Waals surface area contributed by atoms with Crippen molar-refractivity contribution in [3.8, 4) is 5.75 Å². The molecule has 0 aliphatic heterocycles. The molecule has 4 rings (SSSR count). The average molecular weight is 437 g/mol. The van der Waals surface area contributed by atoms with E-state index in [-0.39, 0.29) is 11.9 Å². The Balaban J connectivity index is 1.59. The third kappa shape index (κ3) is 5.13. The van der Waals surface area contributed by atoms with Crippen LogP contribution in [0.3, 0.4) is 0 Å². The lowest BCUT2D eigenvalue weighted by atomic mass is 9.93. The standard InChI is InChI=1S/C26H29ClN2O2/c1-31-24-15-13-20(14-16-24)26(30)29(22-9-3-2-4-10-22)19-23-11-7-17-28(23)18-21-8-5-6-12-25(21)27/h5-8,11-17,22H,2-4,9-10,18-19H2,1H3. The monoisotopic (exact) mass is 436 g/mol. The zero-order valence-corrected chi connectivity index (χ0v) is 18.7. The first-order valence-corrected chi connectivity index (χ1v) is 11.4. The molecule has 0 bridgehead atoms. The molecule has 0 unspecified atom stereocenters. The van der Waals surface area contributed by atoms with Crippen molar-refractivity contribution in [3.05, 3.63) is 88.7 Å². The van der Waals surface area contributed by atoms with Crippen LogP contribution >= 0.6 is 11.6 Å². The minimum atomic E-state index is 0.0834. The van der Waals surface area contributed by atoms with Gasteiger partial charge in [-0.25, -0.2) is 0 Å². The van der Waals surface area contributed by atoms with Crippen LogP contribution in [0.5, 0.6) is 5.75 Å². The largest absolute Gasteiger partial charge is 0.497 e. The highest BCUT2D eigenvalue weighted by atomic mass is 35.5. The topological polar surface area (TPSA) is 34.5 Å². The molecule has 2 aromatic carbocycles. The predicted molar refractivity (Wildman–Crippen MR) is 125 cm³/mol. The first kappa shape index (κ1) is 21.5. The van der Waals surface area contributed by atoms with E-state index in [2.05, 4.69) is 21.7 Å². The van der Waals surface area contributed by atoms with Crippen LogP contribution in [0.4, 0.5) is 0 Å². The zero-order valence-electron chi connectivity index (χ0n) is 18.0. The Hall–Kier alpha value is -2.72. The lowest BCUT2D eigenvalue weighted by Crippen LogP contribution is -2.41. The molecule has 1 aromatic heterocycles. The van der Waals surface area contributed by atoms with Crippen LogP contribution in [0.25, 0.3) is 0 Å². The van der Waals surface area contributed by atoms with Crippen molar-refractivity contribution in [2.45, 2.75) is 51.2 Å². The van der Waals surface area contributed by atoms with Gasteiger partial charge in [0.25, 0.3) is 5.91 Å². The molecule has 1 saturated carbocycles. The number of hydrogen-bond acceptors (Lipinski definition) is 2. The molecule has 1 aliphatic carbocycles. The van der Waals surface area contributed by atoms with Crippen LogP contribution in [-0.2, 0) is 13.1 Å². The number of carbonyl (C=O) groups excluding carboxylic acids is 1. The Kier molecular flexibility index (Phi) is 6.98. The zero-order chi connectivity index (χ0) is 21.6. The molecule has 4 nitrogen and oxygen atoms in total. The maximum atomic E-state index is 13.5. The van der Waals surface area contributed by atoms with Crippen LogP contribution in [0.2, 0.25) is 5.02 Å². The van der Waals surface area contributed by atoms with Gasteiger partial charge in [-0.15, -0.1) is 0 Å². The van der Waals surface area contributed by atoms with Gasteiger partial charge in [0.1, 0.15) is 5.75 Å². The van der Waals surface area contributed by atoms with E-state index >= 15 is 0 Å². The molecule has 1 amide bonds. The van der Waals surface area contributed by atoms with Gasteiger partial charge in [-0.3, -0.25) is 4.79 Å². The maximum absolute atomic E-state index is 13.5. The molecule has 3 aromatic rings. The summed E-state index contributed by atoms with van der Waals surface area (Å²) in [6.07, 6.45) is 7.80. The van der Waals surface area contributed by atoms with Gasteiger partial charge in [0.05, 0.1) is 13.7 Å². The van der Waals surface area contributed by atoms with Gasteiger partial charge in [0, 0.05) is 35.1 Å². The number of ether oxygens (including phenoxy) is 1. The van der Waals surface area contributed by atoms with Gasteiger partial charge in [-0.2, -0.15) is 0 Å². The third-order valence-corrected chi connectivity index (χ3v) is 6.54. The summed E-state index contributed by atoms with van der Waals surface area (Å²) in [7, 11) is 1.64. The van der Waals surface area contributed by atoms with Crippen molar-refractivity contribution in [1.82, 2.24) is 9.47 Å². The smallest absolute Gasteiger partial charge is 0.254 e. The van der Waals surface area contributed by atoms with Crippen molar-refractivity contribution in [2.24, 2.45) is 0 Å². The molecular formula is C26H29ClN2O2. The van der Waals surface area contributed by atoms with Crippen molar-refractivity contribution in [2.75, 3.05) is 7.11 Å². The number of hydrogen-bond donors (Lipinski definition) is 0. The van der Waals surface area contributed by atoms with E-state index in [1.54, 1.807) is 7.11 Å². The Morgan fingerprint density at radius 3 is 2.48 bits per heavy atom. The number of carbonyl (C=O) groups is 1. The second-order valence-corrected chi connectivity index (χ2v) is 8.58. The minimum absolute atomic E-state index is 0.0834. The quantitative estimate of drug-likeness (QED) is 0.443. The number of amides is 1. The molecular weight excluding hydrogens is 408 g/mol. The number of aromatic nitrogens is 1. The molecule has 31 heavy (non-hydrogen) atoms. The van der Waals surface area contributed by atoms with E-state index in [0.717, 1.165) is 34.9 Å². The molecule has 0 saturated heterocycles. The Morgan fingerprint density at radius 1 is 1.03 bits per heavy atom. The van der Waals surface area contributed by atoms with Gasteiger partial charge in [0.15, 0.2) is 0 Å². The highest BCUT2D eigenvalue weighted by Gasteiger charge is 2.27. The van der Waals surface area contributed by atoms with E-state index in [4.69, 9.17) is 16.3 Å².